The quantitative estimate of drug-likeness (QED) is 0.663. The van der Waals surface area contributed by atoms with E-state index in [0.717, 1.165) is 0 Å². The van der Waals surface area contributed by atoms with Gasteiger partial charge in [-0.15, -0.1) is 0 Å². The van der Waals surface area contributed by atoms with E-state index >= 15 is 0 Å². The van der Waals surface area contributed by atoms with Crippen LogP contribution in [0.4, 0.5) is 5.69 Å². The number of anilines is 1. The van der Waals surface area contributed by atoms with Crippen molar-refractivity contribution in [2.24, 2.45) is 0 Å². The summed E-state index contributed by atoms with van der Waals surface area (Å²) in [4.78, 5) is 34.8. The van der Waals surface area contributed by atoms with E-state index in [2.05, 4.69) is 5.32 Å². The van der Waals surface area contributed by atoms with Crippen molar-refractivity contribution in [3.05, 3.63) is 29.3 Å². The lowest BCUT2D eigenvalue weighted by Gasteiger charge is -2.23. The Hall–Kier alpha value is -2.17. The summed E-state index contributed by atoms with van der Waals surface area (Å²) in [6.07, 6.45) is 0. The Bertz CT molecular complexity index is 575. The number of ether oxygens (including phenoxy) is 1. The van der Waals surface area contributed by atoms with E-state index in [-0.39, 0.29) is 5.97 Å². The van der Waals surface area contributed by atoms with Gasteiger partial charge in [-0.2, -0.15) is 0 Å². The van der Waals surface area contributed by atoms with E-state index < -0.39 is 17.1 Å². The molecule has 0 aliphatic carbocycles. The van der Waals surface area contributed by atoms with E-state index in [0.29, 0.717) is 23.4 Å². The number of hydrogen-bond donors (Lipinski definition) is 1. The minimum atomic E-state index is -0.864. The summed E-state index contributed by atoms with van der Waals surface area (Å²) in [5.41, 5.74) is 0.574. The first kappa shape index (κ1) is 13.3. The van der Waals surface area contributed by atoms with Crippen LogP contribution in [0.5, 0.6) is 0 Å². The number of hydrogen-bond acceptors (Lipinski definition) is 4. The van der Waals surface area contributed by atoms with E-state index in [1.807, 2.05) is 0 Å². The molecule has 0 saturated heterocycles. The fraction of sp³-hybridized carbons (Fsp3) is 0.357. The molecule has 19 heavy (non-hydrogen) atoms. The second kappa shape index (κ2) is 4.50. The van der Waals surface area contributed by atoms with Crippen LogP contribution in [0, 0.1) is 0 Å². The van der Waals surface area contributed by atoms with E-state index in [1.165, 1.54) is 0 Å². The van der Waals surface area contributed by atoms with Gasteiger partial charge in [0.2, 0.25) is 0 Å². The average Bonchev–Trinajstić information content (AvgIpc) is 2.65. The predicted molar refractivity (Wildman–Crippen MR) is 69.1 cm³/mol. The Morgan fingerprint density at radius 3 is 2.63 bits per heavy atom. The molecule has 0 fully saturated rings. The van der Waals surface area contributed by atoms with Gasteiger partial charge in [-0.05, 0) is 38.5 Å². The monoisotopic (exact) mass is 261 g/mol. The van der Waals surface area contributed by atoms with Gasteiger partial charge in [0.1, 0.15) is 0 Å². The van der Waals surface area contributed by atoms with Gasteiger partial charge < -0.3 is 10.1 Å². The molecule has 0 radical (unpaired) electrons. The minimum absolute atomic E-state index is 0.298. The standard InChI is InChI=1S/C14H15NO4/c1-4-19-13(18)14(2,3)8-5-6-10-9(7-8)11(16)12(17)15-10/h5-7H,4H2,1-3H3,(H,15,16,17). The first-order valence-corrected chi connectivity index (χ1v) is 6.05. The highest BCUT2D eigenvalue weighted by Crippen LogP contribution is 2.31. The van der Waals surface area contributed by atoms with Crippen molar-refractivity contribution >= 4 is 23.3 Å². The number of carbonyl (C=O) groups excluding carboxylic acids is 3. The van der Waals surface area contributed by atoms with Gasteiger partial charge in [0.25, 0.3) is 11.7 Å². The maximum atomic E-state index is 11.9. The molecule has 1 aliphatic rings. The van der Waals surface area contributed by atoms with Crippen molar-refractivity contribution in [1.82, 2.24) is 0 Å². The minimum Gasteiger partial charge on any atom is -0.465 e. The molecule has 2 rings (SSSR count). The highest BCUT2D eigenvalue weighted by atomic mass is 16.5. The molecule has 1 amide bonds. The van der Waals surface area contributed by atoms with Gasteiger partial charge in [-0.1, -0.05) is 6.07 Å². The van der Waals surface area contributed by atoms with Crippen LogP contribution in [0.2, 0.25) is 0 Å². The molecule has 0 spiro atoms. The highest BCUT2D eigenvalue weighted by molar-refractivity contribution is 6.51. The molecule has 0 saturated carbocycles. The Morgan fingerprint density at radius 2 is 2.00 bits per heavy atom. The fourth-order valence-corrected chi connectivity index (χ4v) is 1.96. The smallest absolute Gasteiger partial charge is 0.315 e. The highest BCUT2D eigenvalue weighted by Gasteiger charge is 2.35. The van der Waals surface area contributed by atoms with Gasteiger partial charge >= 0.3 is 5.97 Å². The molecular formula is C14H15NO4. The van der Waals surface area contributed by atoms with Crippen molar-refractivity contribution in [2.75, 3.05) is 11.9 Å². The number of carbonyl (C=O) groups is 3. The number of fused-ring (bicyclic) bond motifs is 1. The Balaban J connectivity index is 2.41. The van der Waals surface area contributed by atoms with Crippen LogP contribution < -0.4 is 5.32 Å². The molecule has 100 valence electrons. The van der Waals surface area contributed by atoms with Crippen LogP contribution in [-0.2, 0) is 19.7 Å². The maximum absolute atomic E-state index is 11.9. The molecule has 5 heteroatoms. The summed E-state index contributed by atoms with van der Waals surface area (Å²) in [6, 6.07) is 4.93. The number of esters is 1. The summed E-state index contributed by atoms with van der Waals surface area (Å²) in [5, 5.41) is 2.48. The number of amides is 1. The second-order valence-corrected chi connectivity index (χ2v) is 4.89. The van der Waals surface area contributed by atoms with Crippen molar-refractivity contribution < 1.29 is 19.1 Å². The number of Topliss-reactive ketones (excluding diaryl/α,β-unsaturated/α-hetero) is 1. The van der Waals surface area contributed by atoms with Crippen LogP contribution in [0.3, 0.4) is 0 Å². The normalized spacial score (nSPS) is 14.1. The molecule has 1 heterocycles. The van der Waals surface area contributed by atoms with Crippen LogP contribution in [0.15, 0.2) is 18.2 Å². The third kappa shape index (κ3) is 2.12. The third-order valence-corrected chi connectivity index (χ3v) is 3.23. The Kier molecular flexibility index (Phi) is 3.14. The molecule has 1 aromatic carbocycles. The molecule has 0 unspecified atom stereocenters. The molecular weight excluding hydrogens is 246 g/mol. The molecule has 0 aromatic heterocycles. The summed E-state index contributed by atoms with van der Waals surface area (Å²) in [5.74, 6) is -1.57. The van der Waals surface area contributed by atoms with Crippen molar-refractivity contribution in [3.8, 4) is 0 Å². The van der Waals surface area contributed by atoms with Crippen LogP contribution in [-0.4, -0.2) is 24.3 Å². The number of rotatable bonds is 3. The first-order valence-electron chi connectivity index (χ1n) is 6.05. The largest absolute Gasteiger partial charge is 0.465 e. The number of benzene rings is 1. The third-order valence-electron chi connectivity index (χ3n) is 3.23. The SMILES string of the molecule is CCOC(=O)C(C)(C)c1ccc2c(c1)C(=O)C(=O)N2. The maximum Gasteiger partial charge on any atom is 0.315 e. The van der Waals surface area contributed by atoms with Gasteiger partial charge in [0, 0.05) is 0 Å². The zero-order valence-corrected chi connectivity index (χ0v) is 11.1. The van der Waals surface area contributed by atoms with Gasteiger partial charge in [-0.3, -0.25) is 14.4 Å². The molecule has 5 nitrogen and oxygen atoms in total. The van der Waals surface area contributed by atoms with Crippen LogP contribution in [0.1, 0.15) is 36.7 Å². The molecule has 0 atom stereocenters. The first-order chi connectivity index (χ1) is 8.87. The van der Waals surface area contributed by atoms with Crippen LogP contribution in [0.25, 0.3) is 0 Å². The van der Waals surface area contributed by atoms with Crippen molar-refractivity contribution in [1.29, 1.82) is 0 Å². The second-order valence-electron chi connectivity index (χ2n) is 4.89. The number of ketones is 1. The van der Waals surface area contributed by atoms with Crippen molar-refractivity contribution in [3.63, 3.8) is 0 Å². The average molecular weight is 261 g/mol. The number of nitrogens with one attached hydrogen (secondary N) is 1. The lowest BCUT2D eigenvalue weighted by molar-refractivity contribution is -0.148. The summed E-state index contributed by atoms with van der Waals surface area (Å²) < 4.78 is 5.02. The zero-order chi connectivity index (χ0) is 14.2. The molecule has 1 aliphatic heterocycles. The molecule has 1 aromatic rings. The lowest BCUT2D eigenvalue weighted by Crippen LogP contribution is -2.31. The van der Waals surface area contributed by atoms with Gasteiger partial charge in [0.05, 0.1) is 23.3 Å². The Morgan fingerprint density at radius 1 is 1.32 bits per heavy atom. The van der Waals surface area contributed by atoms with Gasteiger partial charge in [-0.25, -0.2) is 0 Å². The molecule has 1 N–H and O–H groups in total. The fourth-order valence-electron chi connectivity index (χ4n) is 1.96. The summed E-state index contributed by atoms with van der Waals surface area (Å²) in [7, 11) is 0. The zero-order valence-electron chi connectivity index (χ0n) is 11.1. The van der Waals surface area contributed by atoms with Gasteiger partial charge in [0.15, 0.2) is 0 Å². The van der Waals surface area contributed by atoms with E-state index in [1.54, 1.807) is 39.0 Å². The Labute approximate surface area is 110 Å². The topological polar surface area (TPSA) is 72.5 Å². The molecule has 0 bridgehead atoms. The lowest BCUT2D eigenvalue weighted by atomic mass is 9.83. The van der Waals surface area contributed by atoms with E-state index in [4.69, 9.17) is 4.74 Å². The predicted octanol–water partition coefficient (Wildman–Crippen LogP) is 1.66. The summed E-state index contributed by atoms with van der Waals surface area (Å²) >= 11 is 0. The van der Waals surface area contributed by atoms with Crippen LogP contribution >= 0.6 is 0 Å². The summed E-state index contributed by atoms with van der Waals surface area (Å²) in [6.45, 7) is 5.48. The van der Waals surface area contributed by atoms with Crippen molar-refractivity contribution in [2.45, 2.75) is 26.2 Å². The van der Waals surface area contributed by atoms with E-state index in [9.17, 15) is 14.4 Å².